The van der Waals surface area contributed by atoms with E-state index in [9.17, 15) is 0 Å². The minimum Gasteiger partial charge on any atom is -0.306 e. The Morgan fingerprint density at radius 1 is 1.32 bits per heavy atom. The van der Waals surface area contributed by atoms with Gasteiger partial charge in [0.15, 0.2) is 0 Å². The molecule has 0 aromatic heterocycles. The van der Waals surface area contributed by atoms with E-state index in [1.165, 1.54) is 0 Å². The van der Waals surface area contributed by atoms with Crippen LogP contribution in [0.4, 0.5) is 0 Å². The molecule has 0 amide bonds. The Morgan fingerprint density at radius 3 is 2.26 bits per heavy atom. The summed E-state index contributed by atoms with van der Waals surface area (Å²) in [6, 6.07) is -1.32. The molecule has 1 saturated carbocycles. The van der Waals surface area contributed by atoms with Gasteiger partial charge in [-0.2, -0.15) is 0 Å². The molecule has 0 N–H and O–H groups in total. The van der Waals surface area contributed by atoms with Crippen LogP contribution in [0.15, 0.2) is 24.2 Å². The summed E-state index contributed by atoms with van der Waals surface area (Å²) in [7, 11) is 3.63. The Kier molecular flexibility index (Phi) is 2.67. The van der Waals surface area contributed by atoms with Crippen molar-refractivity contribution in [3.8, 4) is 0 Å². The first kappa shape index (κ1) is 8.69. The fraction of sp³-hybridized carbons (Fsp3) is 0.647. The van der Waals surface area contributed by atoms with Gasteiger partial charge in [-0.3, -0.25) is 0 Å². The van der Waals surface area contributed by atoms with E-state index >= 15 is 0 Å². The summed E-state index contributed by atoms with van der Waals surface area (Å²) in [5.41, 5.74) is -0.442. The van der Waals surface area contributed by atoms with E-state index in [-0.39, 0.29) is 35.1 Å². The lowest BCUT2D eigenvalue weighted by Gasteiger charge is -2.51. The normalized spacial score (nSPS) is 24.8. The van der Waals surface area contributed by atoms with Crippen molar-refractivity contribution in [1.29, 1.82) is 0 Å². The quantitative estimate of drug-likeness (QED) is 0.755. The van der Waals surface area contributed by atoms with Crippen LogP contribution in [0.25, 0.3) is 0 Å². The van der Waals surface area contributed by atoms with Gasteiger partial charge in [0, 0.05) is 19.2 Å². The number of likely N-dealkylation sites (N-methyl/N-ethyl adjacent to an activating group) is 1. The highest BCUT2D eigenvalue weighted by molar-refractivity contribution is 6.30. The van der Waals surface area contributed by atoms with Gasteiger partial charge in [-0.1, -0.05) is 44.0 Å². The number of halogens is 1. The molecule has 0 radical (unpaired) electrons. The summed E-state index contributed by atoms with van der Waals surface area (Å²) in [4.78, 5) is 1.83. The summed E-state index contributed by atoms with van der Waals surface area (Å²) in [5, 5.41) is -0.179. The highest BCUT2D eigenvalue weighted by Crippen LogP contribution is 2.49. The maximum Gasteiger partial charge on any atom is 0.0639 e. The number of hydrogen-bond donors (Lipinski definition) is 0. The van der Waals surface area contributed by atoms with Gasteiger partial charge in [0.05, 0.1) is 5.48 Å². The van der Waals surface area contributed by atoms with Crippen LogP contribution in [0.1, 0.15) is 53.3 Å². The molecule has 1 aliphatic carbocycles. The van der Waals surface area contributed by atoms with E-state index in [1.807, 2.05) is 32.8 Å². The van der Waals surface area contributed by atoms with E-state index in [2.05, 4.69) is 0 Å². The standard InChI is InChI=1S/C17H26ClN/c1-13(2)12-16(19(3)4)17(10-5-11-17)14-6-8-15(18)9-7-14/h6-9,13,16H,5,10-12H2,1-4H3/i6D,7D,8D,9D,12D2. The second kappa shape index (κ2) is 5.85. The molecule has 1 atom stereocenters. The predicted octanol–water partition coefficient (Wildman–Crippen LogP) is 4.74. The van der Waals surface area contributed by atoms with Crippen molar-refractivity contribution in [2.24, 2.45) is 5.92 Å². The van der Waals surface area contributed by atoms with Crippen LogP contribution in [0, 0.1) is 5.92 Å². The lowest BCUT2D eigenvalue weighted by Crippen LogP contribution is -2.52. The van der Waals surface area contributed by atoms with Gasteiger partial charge in [0.2, 0.25) is 0 Å². The van der Waals surface area contributed by atoms with Crippen LogP contribution in [0.3, 0.4) is 0 Å². The van der Waals surface area contributed by atoms with Gasteiger partial charge >= 0.3 is 0 Å². The largest absolute Gasteiger partial charge is 0.306 e. The van der Waals surface area contributed by atoms with Gasteiger partial charge in [-0.25, -0.2) is 0 Å². The average molecular weight is 286 g/mol. The van der Waals surface area contributed by atoms with Crippen molar-refractivity contribution in [3.05, 3.63) is 34.8 Å². The van der Waals surface area contributed by atoms with Crippen molar-refractivity contribution in [3.63, 3.8) is 0 Å². The number of benzene rings is 1. The number of hydrogen-bond acceptors (Lipinski definition) is 1. The van der Waals surface area contributed by atoms with Gasteiger partial charge in [-0.15, -0.1) is 0 Å². The average Bonchev–Trinajstić information content (AvgIpc) is 2.47. The topological polar surface area (TPSA) is 3.24 Å². The minimum atomic E-state index is -1.55. The molecule has 0 bridgehead atoms. The zero-order chi connectivity index (χ0) is 19.3. The van der Waals surface area contributed by atoms with Crippen molar-refractivity contribution in [2.75, 3.05) is 14.1 Å². The van der Waals surface area contributed by atoms with Crippen molar-refractivity contribution in [1.82, 2.24) is 4.90 Å². The maximum absolute atomic E-state index is 8.68. The van der Waals surface area contributed by atoms with Crippen LogP contribution in [0.2, 0.25) is 5.02 Å². The van der Waals surface area contributed by atoms with E-state index in [4.69, 9.17) is 19.8 Å². The van der Waals surface area contributed by atoms with Crippen LogP contribution in [-0.4, -0.2) is 25.0 Å². The first-order valence-corrected chi connectivity index (χ1v) is 7.20. The molecular weight excluding hydrogens is 254 g/mol. The van der Waals surface area contributed by atoms with E-state index in [0.29, 0.717) is 18.4 Å². The highest BCUT2D eigenvalue weighted by Gasteiger charge is 2.46. The van der Waals surface area contributed by atoms with Crippen LogP contribution >= 0.6 is 11.6 Å². The lowest BCUT2D eigenvalue weighted by atomic mass is 9.58. The van der Waals surface area contributed by atoms with Crippen molar-refractivity contribution in [2.45, 2.75) is 50.9 Å². The molecule has 2 heteroatoms. The summed E-state index contributed by atoms with van der Waals surface area (Å²) < 4.78 is 50.3. The van der Waals surface area contributed by atoms with Crippen molar-refractivity contribution < 1.29 is 8.22 Å². The van der Waals surface area contributed by atoms with Crippen LogP contribution < -0.4 is 0 Å². The molecule has 106 valence electrons. The molecule has 1 nitrogen and oxygen atoms in total. The smallest absolute Gasteiger partial charge is 0.0639 e. The van der Waals surface area contributed by atoms with E-state index < -0.39 is 17.8 Å². The molecule has 1 aromatic rings. The summed E-state index contributed by atoms with van der Waals surface area (Å²) in [6.45, 7) is 3.67. The summed E-state index contributed by atoms with van der Waals surface area (Å²) >= 11 is 5.95. The first-order chi connectivity index (χ1) is 11.4. The molecule has 1 unspecified atom stereocenters. The fourth-order valence-electron chi connectivity index (χ4n) is 2.88. The Hall–Kier alpha value is -0.530. The predicted molar refractivity (Wildman–Crippen MR) is 83.9 cm³/mol. The molecule has 1 aliphatic rings. The summed E-state index contributed by atoms with van der Waals surface area (Å²) in [5.74, 6) is -0.251. The third-order valence-corrected chi connectivity index (χ3v) is 4.06. The molecule has 0 heterocycles. The fourth-order valence-corrected chi connectivity index (χ4v) is 2.98. The van der Waals surface area contributed by atoms with E-state index in [1.54, 1.807) is 0 Å². The van der Waals surface area contributed by atoms with E-state index in [0.717, 1.165) is 6.42 Å². The van der Waals surface area contributed by atoms with Crippen LogP contribution in [0.5, 0.6) is 0 Å². The molecule has 19 heavy (non-hydrogen) atoms. The summed E-state index contributed by atoms with van der Waals surface area (Å²) in [6.07, 6.45) is 0.605. The molecular formula is C17H26ClN. The molecule has 2 rings (SSSR count). The zero-order valence-corrected chi connectivity index (χ0v) is 12.9. The Morgan fingerprint density at radius 2 is 1.89 bits per heavy atom. The second-order valence-corrected chi connectivity index (χ2v) is 6.26. The molecule has 0 spiro atoms. The number of rotatable bonds is 5. The first-order valence-electron chi connectivity index (χ1n) is 9.82. The molecule has 1 aromatic carbocycles. The Balaban J connectivity index is 2.78. The second-order valence-electron chi connectivity index (χ2n) is 5.89. The molecule has 0 aliphatic heterocycles. The third-order valence-electron chi connectivity index (χ3n) is 3.87. The minimum absolute atomic E-state index is 0.142. The Bertz CT molecular complexity index is 641. The number of nitrogens with zero attached hydrogens (tertiary/aromatic N) is 1. The van der Waals surface area contributed by atoms with Gasteiger partial charge in [0.25, 0.3) is 0 Å². The monoisotopic (exact) mass is 285 g/mol. The lowest BCUT2D eigenvalue weighted by molar-refractivity contribution is 0.0808. The zero-order valence-electron chi connectivity index (χ0n) is 18.1. The molecule has 1 fully saturated rings. The third kappa shape index (κ3) is 2.98. The maximum atomic E-state index is 8.68. The Labute approximate surface area is 131 Å². The SMILES string of the molecule is [2H]c1c([2H])c(C2(C(N(C)C)C([2H])([2H])C(C)C)CCC2)c([2H])c([2H])c1Cl. The van der Waals surface area contributed by atoms with Crippen molar-refractivity contribution >= 4 is 11.6 Å². The molecule has 0 saturated heterocycles. The van der Waals surface area contributed by atoms with Crippen LogP contribution in [-0.2, 0) is 5.41 Å². The van der Waals surface area contributed by atoms with Gasteiger partial charge in [0.1, 0.15) is 0 Å². The van der Waals surface area contributed by atoms with Gasteiger partial charge < -0.3 is 4.90 Å². The highest BCUT2D eigenvalue weighted by atomic mass is 35.5. The van der Waals surface area contributed by atoms with Gasteiger partial charge in [-0.05, 0) is 56.9 Å².